The number of hydrogen-bond donors (Lipinski definition) is 0. The summed E-state index contributed by atoms with van der Waals surface area (Å²) in [4.78, 5) is 25.1. The maximum Gasteiger partial charge on any atom is 0.338 e. The van der Waals surface area contributed by atoms with E-state index in [0.29, 0.717) is 63.5 Å². The zero-order valence-electron chi connectivity index (χ0n) is 34.3. The van der Waals surface area contributed by atoms with Crippen LogP contribution in [0.4, 0.5) is 0 Å². The fourth-order valence-electron chi connectivity index (χ4n) is 6.12. The normalized spacial score (nSPS) is 11.8. The highest BCUT2D eigenvalue weighted by molar-refractivity contribution is 7.54. The Morgan fingerprint density at radius 1 is 0.444 bits per heavy atom. The van der Waals surface area contributed by atoms with Crippen molar-refractivity contribution in [2.45, 2.75) is 143 Å². The smallest absolute Gasteiger partial charge is 0.338 e. The lowest BCUT2D eigenvalue weighted by molar-refractivity contribution is 0.0554. The van der Waals surface area contributed by atoms with E-state index in [1.54, 1.807) is 0 Å². The summed E-state index contributed by atoms with van der Waals surface area (Å²) in [6.07, 6.45) is 19.7. The van der Waals surface area contributed by atoms with Gasteiger partial charge >= 0.3 is 27.1 Å². The Kier molecular flexibility index (Phi) is 28.9. The number of esters is 2. The molecule has 1 aromatic carbocycles. The third kappa shape index (κ3) is 22.0. The van der Waals surface area contributed by atoms with Gasteiger partial charge in [-0.05, 0) is 65.5 Å². The molecule has 0 atom stereocenters. The van der Waals surface area contributed by atoms with Crippen molar-refractivity contribution in [3.8, 4) is 11.5 Å². The Morgan fingerprint density at radius 3 is 0.963 bits per heavy atom. The molecule has 0 N–H and O–H groups in total. The van der Waals surface area contributed by atoms with Crippen LogP contribution in [-0.2, 0) is 36.7 Å². The fraction of sp³-hybridized carbons (Fsp3) is 0.800. The first-order valence-corrected chi connectivity index (χ1v) is 23.9. The van der Waals surface area contributed by atoms with Gasteiger partial charge in [-0.2, -0.15) is 0 Å². The highest BCUT2D eigenvalue weighted by Crippen LogP contribution is 2.49. The molecular weight excluding hydrogens is 734 g/mol. The Balaban J connectivity index is 2.45. The van der Waals surface area contributed by atoms with Crippen molar-refractivity contribution in [1.29, 1.82) is 0 Å². The van der Waals surface area contributed by atoms with Crippen molar-refractivity contribution in [2.75, 3.05) is 66.2 Å². The minimum absolute atomic E-state index is 0.0721. The monoisotopic (exact) mass is 806 g/mol. The van der Waals surface area contributed by atoms with Crippen LogP contribution >= 0.6 is 15.2 Å². The van der Waals surface area contributed by atoms with E-state index >= 15 is 0 Å². The van der Waals surface area contributed by atoms with Gasteiger partial charge in [0.25, 0.3) is 0 Å². The highest BCUT2D eigenvalue weighted by atomic mass is 31.2. The molecule has 0 aliphatic heterocycles. The van der Waals surface area contributed by atoms with E-state index in [0.717, 1.165) is 116 Å². The number of benzene rings is 1. The number of carbonyl (C=O) groups is 2. The van der Waals surface area contributed by atoms with Crippen molar-refractivity contribution in [2.24, 2.45) is 0 Å². The number of hydrogen-bond acceptors (Lipinski definition) is 12. The first kappa shape index (κ1) is 50.1. The zero-order chi connectivity index (χ0) is 39.9. The Bertz CT molecular complexity index is 1130. The van der Waals surface area contributed by atoms with Gasteiger partial charge < -0.3 is 37.0 Å². The summed E-state index contributed by atoms with van der Waals surface area (Å²) in [5, 5.41) is 0. The average molecular weight is 807 g/mol. The second-order valence-corrected chi connectivity index (χ2v) is 17.6. The van der Waals surface area contributed by atoms with Gasteiger partial charge in [0.15, 0.2) is 11.5 Å². The summed E-state index contributed by atoms with van der Waals surface area (Å²) in [5.41, 5.74) is 0.144. The second kappa shape index (κ2) is 31.2. The minimum Gasteiger partial charge on any atom is -0.490 e. The van der Waals surface area contributed by atoms with Crippen LogP contribution in [0, 0.1) is 0 Å². The number of carbonyl (C=O) groups excluding carboxylic acids is 2. The lowest BCUT2D eigenvalue weighted by Gasteiger charge is -2.16. The molecule has 14 heteroatoms. The van der Waals surface area contributed by atoms with E-state index < -0.39 is 27.1 Å². The molecule has 0 heterocycles. The van der Waals surface area contributed by atoms with E-state index in [-0.39, 0.29) is 11.1 Å². The molecule has 314 valence electrons. The minimum atomic E-state index is -2.94. The van der Waals surface area contributed by atoms with E-state index in [2.05, 4.69) is 0 Å². The summed E-state index contributed by atoms with van der Waals surface area (Å²) in [6.45, 7) is 9.85. The molecule has 0 saturated carbocycles. The molecule has 0 bridgehead atoms. The largest absolute Gasteiger partial charge is 0.490 e. The fourth-order valence-corrected chi connectivity index (χ4v) is 9.58. The predicted octanol–water partition coefficient (Wildman–Crippen LogP) is 11.6. The van der Waals surface area contributed by atoms with Crippen LogP contribution in [0.15, 0.2) is 12.1 Å². The van der Waals surface area contributed by atoms with Crippen molar-refractivity contribution in [3.05, 3.63) is 23.3 Å². The first-order chi connectivity index (χ1) is 26.1. The van der Waals surface area contributed by atoms with Crippen LogP contribution in [0.25, 0.3) is 0 Å². The van der Waals surface area contributed by atoms with E-state index in [1.807, 2.05) is 27.7 Å². The average Bonchev–Trinajstić information content (AvgIpc) is 3.15. The zero-order valence-corrected chi connectivity index (χ0v) is 36.1. The standard InChI is InChI=1S/C40H72O12P2/c1-7-49-53(43,50-8-2)31-27-23-19-15-11-13-17-21-25-29-47-37-33-35(39(41)45-5)36(40(42)46-6)34-38(37)48-30-26-22-18-14-12-16-20-24-28-32-54(44,51-9-3)52-10-4/h33-34H,7-32H2,1-6H3. The molecule has 0 aliphatic carbocycles. The van der Waals surface area contributed by atoms with Crippen LogP contribution in [0.3, 0.4) is 0 Å². The molecular formula is C40H72O12P2. The Labute approximate surface area is 326 Å². The SMILES string of the molecule is CCOP(=O)(CCCCCCCCCCCOc1cc(C(=O)OC)c(C(=O)OC)cc1OCCCCCCCCCCCP(=O)(OCC)OCC)OCC. The molecule has 0 aliphatic rings. The summed E-state index contributed by atoms with van der Waals surface area (Å²) in [5.74, 6) is -0.499. The Hall–Kier alpha value is -1.94. The molecule has 1 rings (SSSR count). The molecule has 0 radical (unpaired) electrons. The summed E-state index contributed by atoms with van der Waals surface area (Å²) in [7, 11) is -3.34. The van der Waals surface area contributed by atoms with E-state index in [9.17, 15) is 18.7 Å². The van der Waals surface area contributed by atoms with Gasteiger partial charge in [0.05, 0.1) is 77.3 Å². The van der Waals surface area contributed by atoms with Gasteiger partial charge in [0.2, 0.25) is 0 Å². The molecule has 12 nitrogen and oxygen atoms in total. The molecule has 0 amide bonds. The lowest BCUT2D eigenvalue weighted by Crippen LogP contribution is -2.13. The number of rotatable bonds is 36. The summed E-state index contributed by atoms with van der Waals surface area (Å²) in [6, 6.07) is 3.03. The van der Waals surface area contributed by atoms with Gasteiger partial charge in [0.1, 0.15) is 0 Å². The topological polar surface area (TPSA) is 142 Å². The maximum atomic E-state index is 12.6. The predicted molar refractivity (Wildman–Crippen MR) is 215 cm³/mol. The molecule has 1 aromatic rings. The van der Waals surface area contributed by atoms with Crippen molar-refractivity contribution in [1.82, 2.24) is 0 Å². The number of methoxy groups -OCH3 is 2. The van der Waals surface area contributed by atoms with Crippen LogP contribution in [-0.4, -0.2) is 78.1 Å². The van der Waals surface area contributed by atoms with Gasteiger partial charge in [-0.3, -0.25) is 9.13 Å². The van der Waals surface area contributed by atoms with Gasteiger partial charge in [-0.25, -0.2) is 9.59 Å². The van der Waals surface area contributed by atoms with Crippen LogP contribution in [0.1, 0.15) is 164 Å². The van der Waals surface area contributed by atoms with Crippen molar-refractivity contribution < 1.29 is 55.8 Å². The first-order valence-electron chi connectivity index (χ1n) is 20.5. The van der Waals surface area contributed by atoms with Gasteiger partial charge in [-0.15, -0.1) is 0 Å². The van der Waals surface area contributed by atoms with E-state index in [4.69, 9.17) is 37.0 Å². The van der Waals surface area contributed by atoms with Crippen LogP contribution < -0.4 is 9.47 Å². The molecule has 0 aromatic heterocycles. The second-order valence-electron chi connectivity index (χ2n) is 13.2. The summed E-state index contributed by atoms with van der Waals surface area (Å²) >= 11 is 0. The van der Waals surface area contributed by atoms with E-state index in [1.165, 1.54) is 26.4 Å². The van der Waals surface area contributed by atoms with Gasteiger partial charge in [-0.1, -0.05) is 89.9 Å². The van der Waals surface area contributed by atoms with Crippen LogP contribution in [0.5, 0.6) is 11.5 Å². The number of unbranched alkanes of at least 4 members (excludes halogenated alkanes) is 16. The molecule has 0 unspecified atom stereocenters. The number of ether oxygens (including phenoxy) is 4. The van der Waals surface area contributed by atoms with Crippen molar-refractivity contribution >= 4 is 27.1 Å². The molecule has 54 heavy (non-hydrogen) atoms. The van der Waals surface area contributed by atoms with Crippen LogP contribution in [0.2, 0.25) is 0 Å². The quantitative estimate of drug-likeness (QED) is 0.0362. The van der Waals surface area contributed by atoms with Crippen molar-refractivity contribution in [3.63, 3.8) is 0 Å². The molecule has 0 spiro atoms. The maximum absolute atomic E-state index is 12.6. The molecule has 0 saturated heterocycles. The Morgan fingerprint density at radius 2 is 0.704 bits per heavy atom. The molecule has 0 fully saturated rings. The highest BCUT2D eigenvalue weighted by Gasteiger charge is 2.25. The lowest BCUT2D eigenvalue weighted by atomic mass is 10.1. The summed E-state index contributed by atoms with van der Waals surface area (Å²) < 4.78 is 68.7. The van der Waals surface area contributed by atoms with Gasteiger partial charge in [0, 0.05) is 0 Å². The third-order valence-electron chi connectivity index (χ3n) is 8.87. The third-order valence-corrected chi connectivity index (χ3v) is 13.2.